The van der Waals surface area contributed by atoms with Crippen molar-refractivity contribution in [3.63, 3.8) is 0 Å². The average molecular weight is 260 g/mol. The Kier molecular flexibility index (Phi) is 4.14. The molecule has 0 heterocycles. The van der Waals surface area contributed by atoms with Crippen LogP contribution in [0.2, 0.25) is 0 Å². The molecule has 102 valence electrons. The molecule has 18 heavy (non-hydrogen) atoms. The normalized spacial score (nSPS) is 12.6. The predicted molar refractivity (Wildman–Crippen MR) is 68.5 cm³/mol. The van der Waals surface area contributed by atoms with E-state index in [0.717, 1.165) is 18.9 Å². The molecule has 5 heteroatoms. The standard InChI is InChI=1S/C13H19F3N2/c1-4-7-12(2,3)18-9-5-6-11(17)10(8-9)13(14,15)16/h5-6,8,18H,4,7,17H2,1-3H3. The molecule has 0 unspecified atom stereocenters. The van der Waals surface area contributed by atoms with Gasteiger partial charge in [0.25, 0.3) is 0 Å². The maximum atomic E-state index is 12.7. The van der Waals surface area contributed by atoms with Crippen LogP contribution in [0.25, 0.3) is 0 Å². The highest BCUT2D eigenvalue weighted by Gasteiger charge is 2.33. The molecule has 0 saturated heterocycles. The van der Waals surface area contributed by atoms with E-state index in [1.165, 1.54) is 6.07 Å². The first kappa shape index (κ1) is 14.7. The number of alkyl halides is 3. The summed E-state index contributed by atoms with van der Waals surface area (Å²) in [4.78, 5) is 0. The molecule has 1 aromatic rings. The molecule has 0 bridgehead atoms. The minimum Gasteiger partial charge on any atom is -0.398 e. The van der Waals surface area contributed by atoms with E-state index in [2.05, 4.69) is 5.32 Å². The summed E-state index contributed by atoms with van der Waals surface area (Å²) in [5.74, 6) is 0. The number of nitrogen functional groups attached to an aromatic ring is 1. The van der Waals surface area contributed by atoms with E-state index in [-0.39, 0.29) is 11.2 Å². The quantitative estimate of drug-likeness (QED) is 0.793. The summed E-state index contributed by atoms with van der Waals surface area (Å²) in [6.07, 6.45) is -2.59. The van der Waals surface area contributed by atoms with Crippen LogP contribution in [0.4, 0.5) is 24.5 Å². The van der Waals surface area contributed by atoms with E-state index in [1.54, 1.807) is 6.07 Å². The molecule has 0 aliphatic rings. The first-order valence-corrected chi connectivity index (χ1v) is 5.90. The van der Waals surface area contributed by atoms with Gasteiger partial charge in [0.1, 0.15) is 0 Å². The molecule has 0 aliphatic carbocycles. The van der Waals surface area contributed by atoms with Crippen LogP contribution < -0.4 is 11.1 Å². The largest absolute Gasteiger partial charge is 0.418 e. The van der Waals surface area contributed by atoms with Crippen molar-refractivity contribution in [1.82, 2.24) is 0 Å². The summed E-state index contributed by atoms with van der Waals surface area (Å²) in [6, 6.07) is 3.92. The first-order valence-electron chi connectivity index (χ1n) is 5.90. The molecule has 0 amide bonds. The molecular weight excluding hydrogens is 241 g/mol. The van der Waals surface area contributed by atoms with Gasteiger partial charge in [-0.2, -0.15) is 13.2 Å². The van der Waals surface area contributed by atoms with Crippen molar-refractivity contribution < 1.29 is 13.2 Å². The Hall–Kier alpha value is -1.39. The summed E-state index contributed by atoms with van der Waals surface area (Å²) < 4.78 is 38.1. The van der Waals surface area contributed by atoms with Gasteiger partial charge in [0.05, 0.1) is 5.56 Å². The number of rotatable bonds is 4. The third-order valence-corrected chi connectivity index (χ3v) is 2.72. The van der Waals surface area contributed by atoms with Crippen LogP contribution >= 0.6 is 0 Å². The summed E-state index contributed by atoms with van der Waals surface area (Å²) in [6.45, 7) is 5.95. The Morgan fingerprint density at radius 1 is 1.22 bits per heavy atom. The van der Waals surface area contributed by atoms with Gasteiger partial charge in [-0.3, -0.25) is 0 Å². The van der Waals surface area contributed by atoms with Crippen LogP contribution in [0.3, 0.4) is 0 Å². The lowest BCUT2D eigenvalue weighted by Gasteiger charge is -2.27. The molecule has 2 nitrogen and oxygen atoms in total. The number of hydrogen-bond acceptors (Lipinski definition) is 2. The maximum Gasteiger partial charge on any atom is 0.418 e. The first-order chi connectivity index (χ1) is 8.15. The van der Waals surface area contributed by atoms with Crippen molar-refractivity contribution in [3.8, 4) is 0 Å². The van der Waals surface area contributed by atoms with Crippen molar-refractivity contribution in [2.75, 3.05) is 11.1 Å². The molecule has 0 aliphatic heterocycles. The Morgan fingerprint density at radius 3 is 2.33 bits per heavy atom. The van der Waals surface area contributed by atoms with Gasteiger partial charge in [0.15, 0.2) is 0 Å². The van der Waals surface area contributed by atoms with Crippen molar-refractivity contribution in [3.05, 3.63) is 23.8 Å². The van der Waals surface area contributed by atoms with E-state index >= 15 is 0 Å². The fourth-order valence-electron chi connectivity index (χ4n) is 1.96. The average Bonchev–Trinajstić information content (AvgIpc) is 2.18. The smallest absolute Gasteiger partial charge is 0.398 e. The second-order valence-corrected chi connectivity index (χ2v) is 5.06. The Bertz CT molecular complexity index is 411. The fraction of sp³-hybridized carbons (Fsp3) is 0.538. The number of benzene rings is 1. The van der Waals surface area contributed by atoms with E-state index in [0.29, 0.717) is 5.69 Å². The van der Waals surface area contributed by atoms with E-state index in [4.69, 9.17) is 5.73 Å². The van der Waals surface area contributed by atoms with Gasteiger partial charge in [0.2, 0.25) is 0 Å². The van der Waals surface area contributed by atoms with Crippen LogP contribution in [0.5, 0.6) is 0 Å². The zero-order valence-corrected chi connectivity index (χ0v) is 10.9. The second kappa shape index (κ2) is 5.08. The monoisotopic (exact) mass is 260 g/mol. The van der Waals surface area contributed by atoms with Crippen molar-refractivity contribution >= 4 is 11.4 Å². The highest BCUT2D eigenvalue weighted by molar-refractivity contribution is 5.59. The summed E-state index contributed by atoms with van der Waals surface area (Å²) in [5, 5.41) is 3.10. The van der Waals surface area contributed by atoms with Crippen molar-refractivity contribution in [2.24, 2.45) is 0 Å². The summed E-state index contributed by atoms with van der Waals surface area (Å²) in [7, 11) is 0. The predicted octanol–water partition coefficient (Wildman–Crippen LogP) is 4.28. The molecule has 0 saturated carbocycles. The van der Waals surface area contributed by atoms with E-state index < -0.39 is 11.7 Å². The Labute approximate surface area is 105 Å². The fourth-order valence-corrected chi connectivity index (χ4v) is 1.96. The van der Waals surface area contributed by atoms with Gasteiger partial charge in [-0.15, -0.1) is 0 Å². The van der Waals surface area contributed by atoms with Crippen LogP contribution in [-0.4, -0.2) is 5.54 Å². The second-order valence-electron chi connectivity index (χ2n) is 5.06. The molecule has 0 atom stereocenters. The molecular formula is C13H19F3N2. The minimum atomic E-state index is -4.42. The van der Waals surface area contributed by atoms with Crippen molar-refractivity contribution in [2.45, 2.75) is 45.3 Å². The minimum absolute atomic E-state index is 0.242. The third kappa shape index (κ3) is 3.82. The molecule has 0 radical (unpaired) electrons. The lowest BCUT2D eigenvalue weighted by Crippen LogP contribution is -2.30. The van der Waals surface area contributed by atoms with Gasteiger partial charge in [-0.05, 0) is 38.5 Å². The SMILES string of the molecule is CCCC(C)(C)Nc1ccc(N)c(C(F)(F)F)c1. The van der Waals surface area contributed by atoms with Crippen LogP contribution in [-0.2, 0) is 6.18 Å². The molecule has 1 aromatic carbocycles. The highest BCUT2D eigenvalue weighted by atomic mass is 19.4. The number of nitrogens with one attached hydrogen (secondary N) is 1. The zero-order chi connectivity index (χ0) is 14.0. The third-order valence-electron chi connectivity index (χ3n) is 2.72. The van der Waals surface area contributed by atoms with Crippen LogP contribution in [0.1, 0.15) is 39.2 Å². The van der Waals surface area contributed by atoms with Gasteiger partial charge in [-0.25, -0.2) is 0 Å². The Balaban J connectivity index is 2.99. The number of anilines is 2. The lowest BCUT2D eigenvalue weighted by molar-refractivity contribution is -0.136. The molecule has 3 N–H and O–H groups in total. The Morgan fingerprint density at radius 2 is 1.83 bits per heavy atom. The topological polar surface area (TPSA) is 38.0 Å². The van der Waals surface area contributed by atoms with Crippen molar-refractivity contribution in [1.29, 1.82) is 0 Å². The van der Waals surface area contributed by atoms with Gasteiger partial charge < -0.3 is 11.1 Å². The number of hydrogen-bond donors (Lipinski definition) is 2. The van der Waals surface area contributed by atoms with Gasteiger partial charge in [0, 0.05) is 16.9 Å². The highest BCUT2D eigenvalue weighted by Crippen LogP contribution is 2.35. The maximum absolute atomic E-state index is 12.7. The van der Waals surface area contributed by atoms with E-state index in [9.17, 15) is 13.2 Å². The zero-order valence-electron chi connectivity index (χ0n) is 10.9. The molecule has 0 aromatic heterocycles. The molecule has 0 spiro atoms. The van der Waals surface area contributed by atoms with Gasteiger partial charge in [-0.1, -0.05) is 13.3 Å². The summed E-state index contributed by atoms with van der Waals surface area (Å²) in [5.41, 5.74) is 4.51. The van der Waals surface area contributed by atoms with Gasteiger partial charge >= 0.3 is 6.18 Å². The number of nitrogens with two attached hydrogens (primary N) is 1. The lowest BCUT2D eigenvalue weighted by atomic mass is 9.98. The van der Waals surface area contributed by atoms with Crippen LogP contribution in [0, 0.1) is 0 Å². The molecule has 0 fully saturated rings. The summed E-state index contributed by atoms with van der Waals surface area (Å²) >= 11 is 0. The number of halogens is 3. The molecule has 1 rings (SSSR count). The van der Waals surface area contributed by atoms with Crippen LogP contribution in [0.15, 0.2) is 18.2 Å². The van der Waals surface area contributed by atoms with E-state index in [1.807, 2.05) is 20.8 Å².